The SMILES string of the molecule is COc1ccc(CCCc2c[nH]c3ncccc23)cc1OC. The molecule has 3 aromatic rings. The van der Waals surface area contributed by atoms with Crippen LogP contribution in [0.1, 0.15) is 17.5 Å². The van der Waals surface area contributed by atoms with Gasteiger partial charge < -0.3 is 14.5 Å². The number of aryl methyl sites for hydroxylation is 2. The monoisotopic (exact) mass is 296 g/mol. The van der Waals surface area contributed by atoms with Crippen molar-refractivity contribution in [2.24, 2.45) is 0 Å². The molecule has 2 aromatic heterocycles. The number of hydrogen-bond donors (Lipinski definition) is 1. The van der Waals surface area contributed by atoms with E-state index in [1.54, 1.807) is 14.2 Å². The van der Waals surface area contributed by atoms with Crippen LogP contribution in [0.3, 0.4) is 0 Å². The van der Waals surface area contributed by atoms with Crippen molar-refractivity contribution in [1.29, 1.82) is 0 Å². The molecule has 4 nitrogen and oxygen atoms in total. The number of aromatic nitrogens is 2. The minimum Gasteiger partial charge on any atom is -0.493 e. The topological polar surface area (TPSA) is 47.1 Å². The number of nitrogens with one attached hydrogen (secondary N) is 1. The molecule has 0 spiro atoms. The fraction of sp³-hybridized carbons (Fsp3) is 0.278. The van der Waals surface area contributed by atoms with Gasteiger partial charge in [-0.2, -0.15) is 0 Å². The number of rotatable bonds is 6. The highest BCUT2D eigenvalue weighted by molar-refractivity contribution is 5.79. The highest BCUT2D eigenvalue weighted by atomic mass is 16.5. The zero-order chi connectivity index (χ0) is 15.4. The minimum absolute atomic E-state index is 0.772. The fourth-order valence-electron chi connectivity index (χ4n) is 2.74. The van der Waals surface area contributed by atoms with Gasteiger partial charge in [0.25, 0.3) is 0 Å². The fourth-order valence-corrected chi connectivity index (χ4v) is 2.74. The molecule has 0 atom stereocenters. The Balaban J connectivity index is 1.66. The highest BCUT2D eigenvalue weighted by Crippen LogP contribution is 2.28. The Bertz CT molecular complexity index is 765. The molecule has 0 aliphatic rings. The molecule has 114 valence electrons. The van der Waals surface area contributed by atoms with Crippen LogP contribution < -0.4 is 9.47 Å². The van der Waals surface area contributed by atoms with E-state index in [0.29, 0.717) is 0 Å². The summed E-state index contributed by atoms with van der Waals surface area (Å²) in [5, 5.41) is 1.22. The smallest absolute Gasteiger partial charge is 0.160 e. The zero-order valence-corrected chi connectivity index (χ0v) is 12.9. The Morgan fingerprint density at radius 2 is 1.91 bits per heavy atom. The second kappa shape index (κ2) is 6.52. The van der Waals surface area contributed by atoms with E-state index in [2.05, 4.69) is 34.4 Å². The number of H-pyrrole nitrogens is 1. The summed E-state index contributed by atoms with van der Waals surface area (Å²) in [6.07, 6.45) is 6.99. The Morgan fingerprint density at radius 1 is 1.05 bits per heavy atom. The lowest BCUT2D eigenvalue weighted by molar-refractivity contribution is 0.354. The molecule has 22 heavy (non-hydrogen) atoms. The molecule has 0 unspecified atom stereocenters. The largest absolute Gasteiger partial charge is 0.493 e. The third-order valence-electron chi connectivity index (χ3n) is 3.90. The average molecular weight is 296 g/mol. The molecule has 0 aliphatic heterocycles. The van der Waals surface area contributed by atoms with E-state index in [-0.39, 0.29) is 0 Å². The van der Waals surface area contributed by atoms with Gasteiger partial charge in [0.2, 0.25) is 0 Å². The summed E-state index contributed by atoms with van der Waals surface area (Å²) in [5.41, 5.74) is 3.54. The first-order chi connectivity index (χ1) is 10.8. The maximum atomic E-state index is 5.35. The number of ether oxygens (including phenoxy) is 2. The van der Waals surface area contributed by atoms with Crippen LogP contribution >= 0.6 is 0 Å². The molecule has 1 aromatic carbocycles. The van der Waals surface area contributed by atoms with Crippen LogP contribution in [0.5, 0.6) is 11.5 Å². The van der Waals surface area contributed by atoms with E-state index >= 15 is 0 Å². The Labute approximate surface area is 130 Å². The molecule has 0 amide bonds. The number of methoxy groups -OCH3 is 2. The molecular weight excluding hydrogens is 276 g/mol. The first kappa shape index (κ1) is 14.4. The van der Waals surface area contributed by atoms with Crippen LogP contribution in [-0.2, 0) is 12.8 Å². The molecule has 0 saturated carbocycles. The molecule has 4 heteroatoms. The van der Waals surface area contributed by atoms with Crippen molar-refractivity contribution in [2.45, 2.75) is 19.3 Å². The summed E-state index contributed by atoms with van der Waals surface area (Å²) < 4.78 is 10.6. The maximum absolute atomic E-state index is 5.35. The second-order valence-electron chi connectivity index (χ2n) is 5.26. The van der Waals surface area contributed by atoms with Crippen molar-refractivity contribution < 1.29 is 9.47 Å². The molecule has 0 bridgehead atoms. The molecule has 0 fully saturated rings. The van der Waals surface area contributed by atoms with Gasteiger partial charge in [0.05, 0.1) is 14.2 Å². The van der Waals surface area contributed by atoms with Crippen molar-refractivity contribution >= 4 is 11.0 Å². The summed E-state index contributed by atoms with van der Waals surface area (Å²) in [6, 6.07) is 10.2. The number of aromatic amines is 1. The van der Waals surface area contributed by atoms with Crippen molar-refractivity contribution in [3.63, 3.8) is 0 Å². The van der Waals surface area contributed by atoms with Crippen molar-refractivity contribution in [3.8, 4) is 11.5 Å². The molecular formula is C18H20N2O2. The van der Waals surface area contributed by atoms with Crippen LogP contribution in [0, 0.1) is 0 Å². The van der Waals surface area contributed by atoms with Crippen LogP contribution in [0.2, 0.25) is 0 Å². The lowest BCUT2D eigenvalue weighted by Gasteiger charge is -2.09. The van der Waals surface area contributed by atoms with Crippen molar-refractivity contribution in [1.82, 2.24) is 9.97 Å². The van der Waals surface area contributed by atoms with Gasteiger partial charge in [-0.25, -0.2) is 4.98 Å². The van der Waals surface area contributed by atoms with E-state index in [4.69, 9.17) is 9.47 Å². The lowest BCUT2D eigenvalue weighted by atomic mass is 10.0. The third-order valence-corrected chi connectivity index (χ3v) is 3.90. The number of benzene rings is 1. The van der Waals surface area contributed by atoms with E-state index in [0.717, 1.165) is 36.4 Å². The van der Waals surface area contributed by atoms with Gasteiger partial charge >= 0.3 is 0 Å². The molecule has 2 heterocycles. The molecule has 1 N–H and O–H groups in total. The number of fused-ring (bicyclic) bond motifs is 1. The standard InChI is InChI=1S/C18H20N2O2/c1-21-16-9-8-13(11-17(16)22-2)5-3-6-14-12-20-18-15(14)7-4-10-19-18/h4,7-12H,3,5-6H2,1-2H3,(H,19,20). The van der Waals surface area contributed by atoms with Crippen LogP contribution in [0.15, 0.2) is 42.7 Å². The predicted molar refractivity (Wildman–Crippen MR) is 87.7 cm³/mol. The number of hydrogen-bond acceptors (Lipinski definition) is 3. The van der Waals surface area contributed by atoms with Gasteiger partial charge in [0.15, 0.2) is 11.5 Å². The van der Waals surface area contributed by atoms with E-state index in [1.165, 1.54) is 16.5 Å². The molecule has 0 aliphatic carbocycles. The van der Waals surface area contributed by atoms with Gasteiger partial charge in [-0.05, 0) is 54.7 Å². The van der Waals surface area contributed by atoms with Gasteiger partial charge in [-0.15, -0.1) is 0 Å². The van der Waals surface area contributed by atoms with Crippen molar-refractivity contribution in [2.75, 3.05) is 14.2 Å². The van der Waals surface area contributed by atoms with E-state index in [9.17, 15) is 0 Å². The minimum atomic E-state index is 0.772. The van der Waals surface area contributed by atoms with E-state index < -0.39 is 0 Å². The summed E-state index contributed by atoms with van der Waals surface area (Å²) >= 11 is 0. The normalized spacial score (nSPS) is 10.8. The maximum Gasteiger partial charge on any atom is 0.160 e. The van der Waals surface area contributed by atoms with Gasteiger partial charge in [-0.3, -0.25) is 0 Å². The first-order valence-corrected chi connectivity index (χ1v) is 7.43. The summed E-state index contributed by atoms with van der Waals surface area (Å²) in [5.74, 6) is 1.56. The predicted octanol–water partition coefficient (Wildman–Crippen LogP) is 3.76. The Morgan fingerprint density at radius 3 is 2.73 bits per heavy atom. The lowest BCUT2D eigenvalue weighted by Crippen LogP contribution is -1.94. The Hall–Kier alpha value is -2.49. The van der Waals surface area contributed by atoms with E-state index in [1.807, 2.05) is 18.3 Å². The summed E-state index contributed by atoms with van der Waals surface area (Å²) in [7, 11) is 3.32. The van der Waals surface area contributed by atoms with Gasteiger partial charge in [0.1, 0.15) is 5.65 Å². The van der Waals surface area contributed by atoms with Crippen molar-refractivity contribution in [3.05, 3.63) is 53.9 Å². The highest BCUT2D eigenvalue weighted by Gasteiger charge is 2.06. The number of nitrogens with zero attached hydrogens (tertiary/aromatic N) is 1. The molecule has 3 rings (SSSR count). The van der Waals surface area contributed by atoms with Crippen LogP contribution in [0.4, 0.5) is 0 Å². The van der Waals surface area contributed by atoms with Crippen LogP contribution in [-0.4, -0.2) is 24.2 Å². The molecule has 0 saturated heterocycles. The molecule has 0 radical (unpaired) electrons. The van der Waals surface area contributed by atoms with Gasteiger partial charge in [-0.1, -0.05) is 6.07 Å². The summed E-state index contributed by atoms with van der Waals surface area (Å²) in [4.78, 5) is 7.55. The summed E-state index contributed by atoms with van der Waals surface area (Å²) in [6.45, 7) is 0. The first-order valence-electron chi connectivity index (χ1n) is 7.43. The average Bonchev–Trinajstić information content (AvgIpc) is 2.98. The second-order valence-corrected chi connectivity index (χ2v) is 5.26. The number of pyridine rings is 1. The third kappa shape index (κ3) is 2.91. The van der Waals surface area contributed by atoms with Gasteiger partial charge in [0, 0.05) is 17.8 Å². The van der Waals surface area contributed by atoms with Crippen LogP contribution in [0.25, 0.3) is 11.0 Å². The Kier molecular flexibility index (Phi) is 4.28. The zero-order valence-electron chi connectivity index (χ0n) is 12.9. The quantitative estimate of drug-likeness (QED) is 0.753.